The normalized spacial score (nSPS) is 19.0. The number of hydrogen-bond acceptors (Lipinski definition) is 4. The fourth-order valence-corrected chi connectivity index (χ4v) is 2.60. The van der Waals surface area contributed by atoms with Crippen LogP contribution in [0.2, 0.25) is 0 Å². The van der Waals surface area contributed by atoms with Crippen LogP contribution in [0.4, 0.5) is 5.69 Å². The molecule has 1 aliphatic heterocycles. The molecule has 18 heavy (non-hydrogen) atoms. The van der Waals surface area contributed by atoms with Crippen LogP contribution in [-0.2, 0) is 4.74 Å². The molecular formula is C14H20N2O2. The third-order valence-electron chi connectivity index (χ3n) is 3.48. The van der Waals surface area contributed by atoms with Crippen LogP contribution in [0.3, 0.4) is 0 Å². The van der Waals surface area contributed by atoms with Gasteiger partial charge in [-0.3, -0.25) is 0 Å². The Morgan fingerprint density at radius 3 is 3.11 bits per heavy atom. The van der Waals surface area contributed by atoms with Crippen molar-refractivity contribution in [1.29, 1.82) is 0 Å². The third kappa shape index (κ3) is 2.64. The van der Waals surface area contributed by atoms with Crippen molar-refractivity contribution < 1.29 is 9.53 Å². The number of methoxy groups -OCH3 is 1. The number of carbonyl (C=O) groups is 1. The molecule has 0 bridgehead atoms. The predicted octanol–water partition coefficient (Wildman–Crippen LogP) is 1.79. The maximum Gasteiger partial charge on any atom is 0.337 e. The highest BCUT2D eigenvalue weighted by molar-refractivity contribution is 5.90. The lowest BCUT2D eigenvalue weighted by molar-refractivity contribution is 0.0601. The van der Waals surface area contributed by atoms with Crippen molar-refractivity contribution in [2.45, 2.75) is 25.3 Å². The maximum atomic E-state index is 11.5. The molecule has 98 valence electrons. The minimum atomic E-state index is -0.286. The standard InChI is InChI=1S/C14H20N2O2/c1-18-14(17)11-4-2-5-13(10-11)16-9-3-6-12(16)7-8-15/h2,4-5,10,12H,3,6-9,15H2,1H3. The molecule has 0 aliphatic carbocycles. The van der Waals surface area contributed by atoms with Gasteiger partial charge in [-0.2, -0.15) is 0 Å². The van der Waals surface area contributed by atoms with E-state index >= 15 is 0 Å². The quantitative estimate of drug-likeness (QED) is 0.825. The summed E-state index contributed by atoms with van der Waals surface area (Å²) in [5, 5.41) is 0. The largest absolute Gasteiger partial charge is 0.465 e. The van der Waals surface area contributed by atoms with E-state index in [4.69, 9.17) is 10.5 Å². The van der Waals surface area contributed by atoms with E-state index in [1.165, 1.54) is 20.0 Å². The Balaban J connectivity index is 2.19. The first kappa shape index (κ1) is 12.9. The maximum absolute atomic E-state index is 11.5. The van der Waals surface area contributed by atoms with Gasteiger partial charge in [0.05, 0.1) is 12.7 Å². The fourth-order valence-electron chi connectivity index (χ4n) is 2.60. The van der Waals surface area contributed by atoms with Crippen molar-refractivity contribution >= 4 is 11.7 Å². The molecule has 1 aromatic rings. The number of ether oxygens (including phenoxy) is 1. The Kier molecular flexibility index (Phi) is 4.20. The second-order valence-corrected chi connectivity index (χ2v) is 4.61. The van der Waals surface area contributed by atoms with E-state index in [9.17, 15) is 4.79 Å². The van der Waals surface area contributed by atoms with E-state index in [2.05, 4.69) is 4.90 Å². The van der Waals surface area contributed by atoms with Crippen LogP contribution >= 0.6 is 0 Å². The molecule has 1 unspecified atom stereocenters. The SMILES string of the molecule is COC(=O)c1cccc(N2CCCC2CCN)c1. The summed E-state index contributed by atoms with van der Waals surface area (Å²) in [5.41, 5.74) is 7.34. The zero-order chi connectivity index (χ0) is 13.0. The van der Waals surface area contributed by atoms with E-state index in [-0.39, 0.29) is 5.97 Å². The molecule has 2 N–H and O–H groups in total. The molecule has 4 nitrogen and oxygen atoms in total. The van der Waals surface area contributed by atoms with E-state index in [1.54, 1.807) is 6.07 Å². The highest BCUT2D eigenvalue weighted by Gasteiger charge is 2.24. The molecule has 1 fully saturated rings. The zero-order valence-corrected chi connectivity index (χ0v) is 10.8. The third-order valence-corrected chi connectivity index (χ3v) is 3.48. The van der Waals surface area contributed by atoms with Crippen LogP contribution in [0, 0.1) is 0 Å². The highest BCUT2D eigenvalue weighted by atomic mass is 16.5. The van der Waals surface area contributed by atoms with Gasteiger partial charge in [-0.15, -0.1) is 0 Å². The van der Waals surface area contributed by atoms with E-state index < -0.39 is 0 Å². The number of nitrogens with two attached hydrogens (primary N) is 1. The van der Waals surface area contributed by atoms with Crippen molar-refractivity contribution in [3.63, 3.8) is 0 Å². The summed E-state index contributed by atoms with van der Waals surface area (Å²) in [7, 11) is 1.40. The minimum absolute atomic E-state index is 0.286. The van der Waals surface area contributed by atoms with Gasteiger partial charge in [0.2, 0.25) is 0 Å². The average Bonchev–Trinajstić information content (AvgIpc) is 2.87. The molecular weight excluding hydrogens is 228 g/mol. The van der Waals surface area contributed by atoms with Gasteiger partial charge in [-0.25, -0.2) is 4.79 Å². The van der Waals surface area contributed by atoms with Crippen molar-refractivity contribution in [3.8, 4) is 0 Å². The predicted molar refractivity (Wildman–Crippen MR) is 71.8 cm³/mol. The minimum Gasteiger partial charge on any atom is -0.465 e. The van der Waals surface area contributed by atoms with Crippen LogP contribution in [-0.4, -0.2) is 32.2 Å². The summed E-state index contributed by atoms with van der Waals surface area (Å²) in [4.78, 5) is 13.9. The summed E-state index contributed by atoms with van der Waals surface area (Å²) in [6.07, 6.45) is 3.37. The molecule has 0 radical (unpaired) electrons. The van der Waals surface area contributed by atoms with Crippen molar-refractivity contribution in [3.05, 3.63) is 29.8 Å². The van der Waals surface area contributed by atoms with Crippen LogP contribution < -0.4 is 10.6 Å². The second kappa shape index (κ2) is 5.87. The lowest BCUT2D eigenvalue weighted by atomic mass is 10.1. The molecule has 4 heteroatoms. The molecule has 1 saturated heterocycles. The molecule has 0 amide bonds. The van der Waals surface area contributed by atoms with Crippen LogP contribution in [0.1, 0.15) is 29.6 Å². The summed E-state index contributed by atoms with van der Waals surface area (Å²) < 4.78 is 4.75. The van der Waals surface area contributed by atoms with Gasteiger partial charge in [-0.05, 0) is 44.0 Å². The lowest BCUT2D eigenvalue weighted by Gasteiger charge is -2.26. The Hall–Kier alpha value is -1.55. The Morgan fingerprint density at radius 1 is 1.56 bits per heavy atom. The first-order chi connectivity index (χ1) is 8.76. The van der Waals surface area contributed by atoms with Gasteiger partial charge in [0, 0.05) is 18.3 Å². The number of nitrogens with zero attached hydrogens (tertiary/aromatic N) is 1. The Morgan fingerprint density at radius 2 is 2.39 bits per heavy atom. The molecule has 1 aliphatic rings. The van der Waals surface area contributed by atoms with Crippen molar-refractivity contribution in [2.24, 2.45) is 5.73 Å². The molecule has 1 aromatic carbocycles. The first-order valence-electron chi connectivity index (χ1n) is 6.41. The van der Waals surface area contributed by atoms with Gasteiger partial charge in [-0.1, -0.05) is 6.07 Å². The van der Waals surface area contributed by atoms with E-state index in [0.29, 0.717) is 18.2 Å². The highest BCUT2D eigenvalue weighted by Crippen LogP contribution is 2.27. The number of carbonyl (C=O) groups excluding carboxylic acids is 1. The number of anilines is 1. The summed E-state index contributed by atoms with van der Waals surface area (Å²) in [6, 6.07) is 8.13. The van der Waals surface area contributed by atoms with Gasteiger partial charge >= 0.3 is 5.97 Å². The Bertz CT molecular complexity index is 420. The number of esters is 1. The number of rotatable bonds is 4. The van der Waals surface area contributed by atoms with Crippen LogP contribution in [0.5, 0.6) is 0 Å². The summed E-state index contributed by atoms with van der Waals surface area (Å²) >= 11 is 0. The molecule has 2 rings (SSSR count). The lowest BCUT2D eigenvalue weighted by Crippen LogP contribution is -2.31. The monoisotopic (exact) mass is 248 g/mol. The van der Waals surface area contributed by atoms with Gasteiger partial charge in [0.1, 0.15) is 0 Å². The summed E-state index contributed by atoms with van der Waals surface area (Å²) in [5.74, 6) is -0.286. The smallest absolute Gasteiger partial charge is 0.337 e. The van der Waals surface area contributed by atoms with E-state index in [0.717, 1.165) is 18.7 Å². The summed E-state index contributed by atoms with van der Waals surface area (Å²) in [6.45, 7) is 1.74. The molecule has 0 saturated carbocycles. The molecule has 0 aromatic heterocycles. The second-order valence-electron chi connectivity index (χ2n) is 4.61. The molecule has 1 atom stereocenters. The van der Waals surface area contributed by atoms with Crippen molar-refractivity contribution in [2.75, 3.05) is 25.1 Å². The average molecular weight is 248 g/mol. The molecule has 0 spiro atoms. The van der Waals surface area contributed by atoms with Gasteiger partial charge < -0.3 is 15.4 Å². The Labute approximate surface area is 108 Å². The van der Waals surface area contributed by atoms with Gasteiger partial charge in [0.15, 0.2) is 0 Å². The first-order valence-corrected chi connectivity index (χ1v) is 6.41. The topological polar surface area (TPSA) is 55.6 Å². The fraction of sp³-hybridized carbons (Fsp3) is 0.500. The zero-order valence-electron chi connectivity index (χ0n) is 10.8. The van der Waals surface area contributed by atoms with Crippen molar-refractivity contribution in [1.82, 2.24) is 0 Å². The number of benzene rings is 1. The molecule has 1 heterocycles. The van der Waals surface area contributed by atoms with Crippen LogP contribution in [0.25, 0.3) is 0 Å². The van der Waals surface area contributed by atoms with Crippen LogP contribution in [0.15, 0.2) is 24.3 Å². The van der Waals surface area contributed by atoms with Gasteiger partial charge in [0.25, 0.3) is 0 Å². The van der Waals surface area contributed by atoms with E-state index in [1.807, 2.05) is 18.2 Å². The number of hydrogen-bond donors (Lipinski definition) is 1.